The van der Waals surface area contributed by atoms with E-state index >= 15 is 0 Å². The standard InChI is InChI=1S/C9H15N3O2/c1-5(2)6(3)10-7-4-8(13)12-9(14)11-7/h4-6H,1-3H3,(H3,10,11,12,13,14). The summed E-state index contributed by atoms with van der Waals surface area (Å²) in [5.74, 6) is 0.887. The average molecular weight is 197 g/mol. The van der Waals surface area contributed by atoms with Gasteiger partial charge in [0, 0.05) is 12.1 Å². The van der Waals surface area contributed by atoms with E-state index in [0.29, 0.717) is 11.7 Å². The van der Waals surface area contributed by atoms with Crippen molar-refractivity contribution in [3.63, 3.8) is 0 Å². The number of H-pyrrole nitrogens is 2. The van der Waals surface area contributed by atoms with E-state index in [2.05, 4.69) is 29.1 Å². The van der Waals surface area contributed by atoms with E-state index in [9.17, 15) is 9.59 Å². The summed E-state index contributed by atoms with van der Waals surface area (Å²) in [5, 5.41) is 3.05. The van der Waals surface area contributed by atoms with Crippen LogP contribution in [0.3, 0.4) is 0 Å². The third-order valence-electron chi connectivity index (χ3n) is 2.14. The third kappa shape index (κ3) is 2.76. The van der Waals surface area contributed by atoms with Crippen molar-refractivity contribution < 1.29 is 0 Å². The predicted octanol–water partition coefficient (Wildman–Crippen LogP) is 0.520. The Morgan fingerprint density at radius 1 is 1.21 bits per heavy atom. The van der Waals surface area contributed by atoms with Crippen LogP contribution in [0.5, 0.6) is 0 Å². The molecule has 0 fully saturated rings. The number of aromatic amines is 2. The molecule has 0 radical (unpaired) electrons. The van der Waals surface area contributed by atoms with Gasteiger partial charge in [-0.3, -0.25) is 14.8 Å². The van der Waals surface area contributed by atoms with Gasteiger partial charge >= 0.3 is 5.69 Å². The predicted molar refractivity (Wildman–Crippen MR) is 55.6 cm³/mol. The summed E-state index contributed by atoms with van der Waals surface area (Å²) in [6.45, 7) is 6.11. The Kier molecular flexibility index (Phi) is 3.11. The molecule has 1 aromatic rings. The van der Waals surface area contributed by atoms with Crippen molar-refractivity contribution in [2.75, 3.05) is 5.32 Å². The second kappa shape index (κ2) is 4.13. The van der Waals surface area contributed by atoms with Crippen molar-refractivity contribution in [3.8, 4) is 0 Å². The van der Waals surface area contributed by atoms with Gasteiger partial charge in [0.25, 0.3) is 5.56 Å². The van der Waals surface area contributed by atoms with Gasteiger partial charge in [-0.2, -0.15) is 0 Å². The van der Waals surface area contributed by atoms with E-state index in [1.165, 1.54) is 6.07 Å². The highest BCUT2D eigenvalue weighted by molar-refractivity contribution is 5.32. The molecule has 1 rings (SSSR count). The lowest BCUT2D eigenvalue weighted by Crippen LogP contribution is -2.27. The Morgan fingerprint density at radius 2 is 1.86 bits per heavy atom. The molecule has 5 heteroatoms. The summed E-state index contributed by atoms with van der Waals surface area (Å²) in [7, 11) is 0. The second-order valence-corrected chi connectivity index (χ2v) is 3.68. The fourth-order valence-electron chi connectivity index (χ4n) is 0.958. The van der Waals surface area contributed by atoms with E-state index < -0.39 is 11.2 Å². The van der Waals surface area contributed by atoms with Gasteiger partial charge in [0.15, 0.2) is 0 Å². The molecule has 14 heavy (non-hydrogen) atoms. The van der Waals surface area contributed by atoms with Crippen molar-refractivity contribution in [1.29, 1.82) is 0 Å². The minimum absolute atomic E-state index is 0.201. The first-order valence-electron chi connectivity index (χ1n) is 4.59. The summed E-state index contributed by atoms with van der Waals surface area (Å²) in [6, 6.07) is 1.53. The lowest BCUT2D eigenvalue weighted by Gasteiger charge is -2.17. The number of rotatable bonds is 3. The van der Waals surface area contributed by atoms with Gasteiger partial charge in [0.2, 0.25) is 0 Å². The molecule has 0 aliphatic rings. The van der Waals surface area contributed by atoms with E-state index in [-0.39, 0.29) is 6.04 Å². The van der Waals surface area contributed by atoms with Gasteiger partial charge in [-0.15, -0.1) is 0 Å². The highest BCUT2D eigenvalue weighted by Crippen LogP contribution is 2.06. The molecule has 0 aliphatic heterocycles. The second-order valence-electron chi connectivity index (χ2n) is 3.68. The largest absolute Gasteiger partial charge is 0.369 e. The Balaban J connectivity index is 2.87. The van der Waals surface area contributed by atoms with Gasteiger partial charge in [-0.05, 0) is 12.8 Å². The molecule has 1 heterocycles. The maximum Gasteiger partial charge on any atom is 0.327 e. The van der Waals surface area contributed by atoms with Crippen LogP contribution in [0.25, 0.3) is 0 Å². The SMILES string of the molecule is CC(C)C(C)Nc1cc(=O)[nH]c(=O)[nH]1. The average Bonchev–Trinajstić information content (AvgIpc) is 2.01. The first kappa shape index (κ1) is 10.6. The van der Waals surface area contributed by atoms with Crippen molar-refractivity contribution in [2.45, 2.75) is 26.8 Å². The zero-order valence-corrected chi connectivity index (χ0v) is 8.55. The fraction of sp³-hybridized carbons (Fsp3) is 0.556. The normalized spacial score (nSPS) is 12.9. The number of aromatic nitrogens is 2. The molecule has 5 nitrogen and oxygen atoms in total. The summed E-state index contributed by atoms with van der Waals surface area (Å²) in [4.78, 5) is 26.5. The highest BCUT2D eigenvalue weighted by Gasteiger charge is 2.07. The lowest BCUT2D eigenvalue weighted by atomic mass is 10.1. The molecule has 1 unspecified atom stereocenters. The first-order valence-corrected chi connectivity index (χ1v) is 4.59. The van der Waals surface area contributed by atoms with E-state index in [0.717, 1.165) is 0 Å². The molecule has 78 valence electrons. The van der Waals surface area contributed by atoms with Crippen molar-refractivity contribution in [2.24, 2.45) is 5.92 Å². The van der Waals surface area contributed by atoms with Crippen LogP contribution >= 0.6 is 0 Å². The van der Waals surface area contributed by atoms with Gasteiger partial charge < -0.3 is 5.32 Å². The maximum absolute atomic E-state index is 10.9. The monoisotopic (exact) mass is 197 g/mol. The molecule has 0 saturated heterocycles. The van der Waals surface area contributed by atoms with Crippen LogP contribution in [0, 0.1) is 5.92 Å². The molecular weight excluding hydrogens is 182 g/mol. The highest BCUT2D eigenvalue weighted by atomic mass is 16.2. The van der Waals surface area contributed by atoms with Crippen LogP contribution in [0.4, 0.5) is 5.82 Å². The fourth-order valence-corrected chi connectivity index (χ4v) is 0.958. The number of nitrogens with one attached hydrogen (secondary N) is 3. The number of hydrogen-bond donors (Lipinski definition) is 3. The Morgan fingerprint density at radius 3 is 2.36 bits per heavy atom. The van der Waals surface area contributed by atoms with Crippen LogP contribution in [-0.2, 0) is 0 Å². The summed E-state index contributed by atoms with van der Waals surface area (Å²) >= 11 is 0. The summed E-state index contributed by atoms with van der Waals surface area (Å²) in [6.07, 6.45) is 0. The topological polar surface area (TPSA) is 77.8 Å². The molecule has 0 bridgehead atoms. The Bertz CT molecular complexity index is 377. The minimum Gasteiger partial charge on any atom is -0.369 e. The van der Waals surface area contributed by atoms with Crippen molar-refractivity contribution >= 4 is 5.82 Å². The van der Waals surface area contributed by atoms with Gasteiger partial charge in [-0.25, -0.2) is 4.79 Å². The third-order valence-corrected chi connectivity index (χ3v) is 2.14. The van der Waals surface area contributed by atoms with Gasteiger partial charge in [0.05, 0.1) is 0 Å². The zero-order chi connectivity index (χ0) is 10.7. The molecule has 0 aromatic carbocycles. The molecule has 1 aromatic heterocycles. The van der Waals surface area contributed by atoms with Crippen molar-refractivity contribution in [3.05, 3.63) is 26.9 Å². The van der Waals surface area contributed by atoms with Gasteiger partial charge in [-0.1, -0.05) is 13.8 Å². The number of hydrogen-bond acceptors (Lipinski definition) is 3. The van der Waals surface area contributed by atoms with Crippen LogP contribution < -0.4 is 16.6 Å². The molecular formula is C9H15N3O2. The van der Waals surface area contributed by atoms with Gasteiger partial charge in [0.1, 0.15) is 5.82 Å². The quantitative estimate of drug-likeness (QED) is 0.661. The van der Waals surface area contributed by atoms with Crippen LogP contribution in [-0.4, -0.2) is 16.0 Å². The molecule has 1 atom stereocenters. The zero-order valence-electron chi connectivity index (χ0n) is 8.55. The van der Waals surface area contributed by atoms with E-state index in [4.69, 9.17) is 0 Å². The lowest BCUT2D eigenvalue weighted by molar-refractivity contribution is 0.558. The first-order chi connectivity index (χ1) is 6.49. The van der Waals surface area contributed by atoms with Crippen LogP contribution in [0.15, 0.2) is 15.7 Å². The van der Waals surface area contributed by atoms with E-state index in [1.807, 2.05) is 6.92 Å². The summed E-state index contributed by atoms with van der Waals surface area (Å²) < 4.78 is 0. The smallest absolute Gasteiger partial charge is 0.327 e. The maximum atomic E-state index is 10.9. The Hall–Kier alpha value is -1.52. The minimum atomic E-state index is -0.490. The van der Waals surface area contributed by atoms with Crippen LogP contribution in [0.1, 0.15) is 20.8 Å². The molecule has 0 amide bonds. The van der Waals surface area contributed by atoms with Crippen molar-refractivity contribution in [1.82, 2.24) is 9.97 Å². The molecule has 3 N–H and O–H groups in total. The molecule has 0 aliphatic carbocycles. The molecule has 0 saturated carbocycles. The molecule has 0 spiro atoms. The Labute approximate surface area is 81.6 Å². The summed E-state index contributed by atoms with van der Waals surface area (Å²) in [5.41, 5.74) is -0.886. The van der Waals surface area contributed by atoms with Crippen LogP contribution in [0.2, 0.25) is 0 Å². The van der Waals surface area contributed by atoms with E-state index in [1.54, 1.807) is 0 Å². The number of anilines is 1.